The van der Waals surface area contributed by atoms with Crippen molar-refractivity contribution < 1.29 is 9.59 Å². The number of rotatable bonds is 8. The van der Waals surface area contributed by atoms with Gasteiger partial charge in [-0.25, -0.2) is 0 Å². The van der Waals surface area contributed by atoms with Crippen molar-refractivity contribution in [3.05, 3.63) is 0 Å². The fraction of sp³-hybridized carbons (Fsp3) is 0.857. The molecule has 118 valence electrons. The summed E-state index contributed by atoms with van der Waals surface area (Å²) in [7, 11) is 0. The lowest BCUT2D eigenvalue weighted by Gasteiger charge is -2.29. The van der Waals surface area contributed by atoms with Crippen LogP contribution in [0.5, 0.6) is 0 Å². The molecule has 1 atom stereocenters. The summed E-state index contributed by atoms with van der Waals surface area (Å²) in [5.41, 5.74) is 5.41. The normalized spacial score (nSPS) is 17.1. The first-order valence-electron chi connectivity index (χ1n) is 7.15. The number of hydrogen-bond acceptors (Lipinski definition) is 3. The second-order valence-electron chi connectivity index (χ2n) is 6.15. The molecule has 6 heteroatoms. The van der Waals surface area contributed by atoms with E-state index in [4.69, 9.17) is 5.73 Å². The van der Waals surface area contributed by atoms with Gasteiger partial charge in [-0.05, 0) is 38.0 Å². The predicted molar refractivity (Wildman–Crippen MR) is 82.7 cm³/mol. The van der Waals surface area contributed by atoms with Gasteiger partial charge in [0.15, 0.2) is 0 Å². The van der Waals surface area contributed by atoms with Gasteiger partial charge in [0.1, 0.15) is 0 Å². The fourth-order valence-electron chi connectivity index (χ4n) is 2.09. The molecule has 5 nitrogen and oxygen atoms in total. The highest BCUT2D eigenvalue weighted by Crippen LogP contribution is 2.38. The van der Waals surface area contributed by atoms with E-state index in [0.717, 1.165) is 19.3 Å². The molecule has 0 aliphatic heterocycles. The second kappa shape index (κ2) is 8.47. The van der Waals surface area contributed by atoms with Crippen molar-refractivity contribution in [2.75, 3.05) is 13.1 Å². The standard InChI is InChI=1S/C14H27N3O2.ClH/c1-10(2)4-7-12(18)16-8-13(19)17-14(3,9-15)11-5-6-11;/h10-11H,4-9,15H2,1-3H3,(H,16,18)(H,17,19);1H. The Labute approximate surface area is 127 Å². The lowest BCUT2D eigenvalue weighted by atomic mass is 9.96. The molecular formula is C14H28ClN3O2. The molecule has 2 amide bonds. The Morgan fingerprint density at radius 1 is 1.30 bits per heavy atom. The number of halogens is 1. The highest BCUT2D eigenvalue weighted by Gasteiger charge is 2.41. The maximum Gasteiger partial charge on any atom is 0.239 e. The lowest BCUT2D eigenvalue weighted by Crippen LogP contribution is -2.55. The van der Waals surface area contributed by atoms with Crippen molar-refractivity contribution in [3.63, 3.8) is 0 Å². The van der Waals surface area contributed by atoms with Crippen LogP contribution in [0.15, 0.2) is 0 Å². The second-order valence-corrected chi connectivity index (χ2v) is 6.15. The van der Waals surface area contributed by atoms with E-state index in [0.29, 0.717) is 24.8 Å². The molecule has 4 N–H and O–H groups in total. The van der Waals surface area contributed by atoms with Gasteiger partial charge in [-0.2, -0.15) is 0 Å². The minimum absolute atomic E-state index is 0. The van der Waals surface area contributed by atoms with E-state index < -0.39 is 0 Å². The van der Waals surface area contributed by atoms with E-state index in [9.17, 15) is 9.59 Å². The maximum atomic E-state index is 11.8. The molecule has 0 radical (unpaired) electrons. The Morgan fingerprint density at radius 3 is 2.35 bits per heavy atom. The summed E-state index contributed by atoms with van der Waals surface area (Å²) in [6.07, 6.45) is 3.56. The number of carbonyl (C=O) groups excluding carboxylic acids is 2. The Balaban J connectivity index is 0.00000361. The van der Waals surface area contributed by atoms with Crippen LogP contribution in [0.1, 0.15) is 46.5 Å². The van der Waals surface area contributed by atoms with E-state index >= 15 is 0 Å². The molecule has 1 unspecified atom stereocenters. The van der Waals surface area contributed by atoms with Gasteiger partial charge < -0.3 is 16.4 Å². The average molecular weight is 306 g/mol. The number of nitrogens with two attached hydrogens (primary N) is 1. The van der Waals surface area contributed by atoms with Crippen molar-refractivity contribution >= 4 is 24.2 Å². The third-order valence-electron chi connectivity index (χ3n) is 3.72. The summed E-state index contributed by atoms with van der Waals surface area (Å²) in [6, 6.07) is 0. The Bertz CT molecular complexity index is 332. The van der Waals surface area contributed by atoms with Gasteiger partial charge in [-0.15, -0.1) is 12.4 Å². The molecule has 0 saturated heterocycles. The zero-order chi connectivity index (χ0) is 14.5. The Hall–Kier alpha value is -0.810. The van der Waals surface area contributed by atoms with Gasteiger partial charge in [-0.1, -0.05) is 13.8 Å². The molecule has 1 aliphatic carbocycles. The first-order valence-corrected chi connectivity index (χ1v) is 7.15. The molecule has 0 aromatic heterocycles. The van der Waals surface area contributed by atoms with Crippen molar-refractivity contribution in [1.29, 1.82) is 0 Å². The minimum atomic E-state index is -0.320. The number of hydrogen-bond donors (Lipinski definition) is 3. The van der Waals surface area contributed by atoms with Gasteiger partial charge in [0.25, 0.3) is 0 Å². The summed E-state index contributed by atoms with van der Waals surface area (Å²) in [6.45, 7) is 6.59. The van der Waals surface area contributed by atoms with Crippen molar-refractivity contribution in [1.82, 2.24) is 10.6 Å². The van der Waals surface area contributed by atoms with Gasteiger partial charge in [0.2, 0.25) is 11.8 Å². The molecule has 1 saturated carbocycles. The SMILES string of the molecule is CC(C)CCC(=O)NCC(=O)NC(C)(CN)C1CC1.Cl. The molecule has 1 aliphatic rings. The van der Waals surface area contributed by atoms with Crippen LogP contribution < -0.4 is 16.4 Å². The van der Waals surface area contributed by atoms with Crippen molar-refractivity contribution in [2.24, 2.45) is 17.6 Å². The molecule has 0 spiro atoms. The maximum absolute atomic E-state index is 11.8. The van der Waals surface area contributed by atoms with E-state index in [2.05, 4.69) is 24.5 Å². The third-order valence-corrected chi connectivity index (χ3v) is 3.72. The summed E-state index contributed by atoms with van der Waals surface area (Å²) < 4.78 is 0. The molecule has 0 aromatic carbocycles. The van der Waals surface area contributed by atoms with E-state index in [1.165, 1.54) is 0 Å². The Kier molecular flexibility index (Phi) is 8.13. The largest absolute Gasteiger partial charge is 0.348 e. The van der Waals surface area contributed by atoms with Gasteiger partial charge in [0.05, 0.1) is 12.1 Å². The summed E-state index contributed by atoms with van der Waals surface area (Å²) >= 11 is 0. The van der Waals surface area contributed by atoms with Gasteiger partial charge >= 0.3 is 0 Å². The molecule has 0 bridgehead atoms. The molecule has 20 heavy (non-hydrogen) atoms. The molecular weight excluding hydrogens is 278 g/mol. The highest BCUT2D eigenvalue weighted by atomic mass is 35.5. The number of nitrogens with one attached hydrogen (secondary N) is 2. The van der Waals surface area contributed by atoms with Crippen LogP contribution in [-0.2, 0) is 9.59 Å². The first kappa shape index (κ1) is 19.2. The van der Waals surface area contributed by atoms with Crippen LogP contribution in [0.25, 0.3) is 0 Å². The zero-order valence-electron chi connectivity index (χ0n) is 12.7. The number of amides is 2. The average Bonchev–Trinajstić information content (AvgIpc) is 3.18. The number of carbonyl (C=O) groups is 2. The Morgan fingerprint density at radius 2 is 1.90 bits per heavy atom. The van der Waals surface area contributed by atoms with E-state index in [1.807, 2.05) is 6.92 Å². The van der Waals surface area contributed by atoms with Crippen LogP contribution in [-0.4, -0.2) is 30.4 Å². The highest BCUT2D eigenvalue weighted by molar-refractivity contribution is 5.85. The quantitative estimate of drug-likeness (QED) is 0.630. The molecule has 0 heterocycles. The smallest absolute Gasteiger partial charge is 0.239 e. The van der Waals surface area contributed by atoms with Crippen LogP contribution in [0, 0.1) is 11.8 Å². The first-order chi connectivity index (χ1) is 8.87. The van der Waals surface area contributed by atoms with E-state index in [-0.39, 0.29) is 36.3 Å². The zero-order valence-corrected chi connectivity index (χ0v) is 13.5. The monoisotopic (exact) mass is 305 g/mol. The van der Waals surface area contributed by atoms with E-state index in [1.54, 1.807) is 0 Å². The van der Waals surface area contributed by atoms with Crippen LogP contribution >= 0.6 is 12.4 Å². The van der Waals surface area contributed by atoms with Crippen molar-refractivity contribution in [3.8, 4) is 0 Å². The van der Waals surface area contributed by atoms with Crippen LogP contribution in [0.4, 0.5) is 0 Å². The van der Waals surface area contributed by atoms with Gasteiger partial charge in [0, 0.05) is 13.0 Å². The predicted octanol–water partition coefficient (Wildman–Crippen LogP) is 1.20. The summed E-state index contributed by atoms with van der Waals surface area (Å²) in [5.74, 6) is 0.760. The third kappa shape index (κ3) is 6.57. The van der Waals surface area contributed by atoms with Gasteiger partial charge in [-0.3, -0.25) is 9.59 Å². The van der Waals surface area contributed by atoms with Crippen LogP contribution in [0.3, 0.4) is 0 Å². The summed E-state index contributed by atoms with van der Waals surface area (Å²) in [5, 5.41) is 5.60. The molecule has 1 fully saturated rings. The molecule has 1 rings (SSSR count). The molecule has 0 aromatic rings. The topological polar surface area (TPSA) is 84.2 Å². The minimum Gasteiger partial charge on any atom is -0.348 e. The lowest BCUT2D eigenvalue weighted by molar-refractivity contribution is -0.127. The fourth-order valence-corrected chi connectivity index (χ4v) is 2.09. The summed E-state index contributed by atoms with van der Waals surface area (Å²) in [4.78, 5) is 23.3. The van der Waals surface area contributed by atoms with Crippen LogP contribution in [0.2, 0.25) is 0 Å². The van der Waals surface area contributed by atoms with Crippen molar-refractivity contribution in [2.45, 2.75) is 52.0 Å².